The molecule has 1 aliphatic rings. The van der Waals surface area contributed by atoms with Crippen LogP contribution in [0, 0.1) is 11.3 Å². The van der Waals surface area contributed by atoms with Crippen molar-refractivity contribution in [2.75, 3.05) is 6.54 Å². The number of nitrogens with zero attached hydrogens (tertiary/aromatic N) is 2. The number of hydrogen-bond acceptors (Lipinski definition) is 3. The molecule has 18 heavy (non-hydrogen) atoms. The molecule has 2 rings (SSSR count). The van der Waals surface area contributed by atoms with Crippen molar-refractivity contribution in [3.63, 3.8) is 0 Å². The summed E-state index contributed by atoms with van der Waals surface area (Å²) >= 11 is 0. The van der Waals surface area contributed by atoms with Gasteiger partial charge in [0.2, 0.25) is 0 Å². The lowest BCUT2D eigenvalue weighted by atomic mass is 10.1. The van der Waals surface area contributed by atoms with E-state index in [0.29, 0.717) is 18.0 Å². The highest BCUT2D eigenvalue weighted by Gasteiger charge is 2.28. The Morgan fingerprint density at radius 1 is 1.50 bits per heavy atom. The van der Waals surface area contributed by atoms with Gasteiger partial charge in [0.05, 0.1) is 11.6 Å². The van der Waals surface area contributed by atoms with Crippen molar-refractivity contribution >= 4 is 5.97 Å². The van der Waals surface area contributed by atoms with E-state index in [1.807, 2.05) is 6.07 Å². The summed E-state index contributed by atoms with van der Waals surface area (Å²) in [5.41, 5.74) is 1.32. The Morgan fingerprint density at radius 3 is 2.89 bits per heavy atom. The largest absolute Gasteiger partial charge is 0.478 e. The summed E-state index contributed by atoms with van der Waals surface area (Å²) in [6.45, 7) is 1.49. The van der Waals surface area contributed by atoms with E-state index in [2.05, 4.69) is 11.0 Å². The Bertz CT molecular complexity index is 475. The van der Waals surface area contributed by atoms with Crippen LogP contribution in [0.3, 0.4) is 0 Å². The average molecular weight is 244 g/mol. The number of aromatic carboxylic acids is 1. The number of hydrogen-bond donors (Lipinski definition) is 1. The van der Waals surface area contributed by atoms with Gasteiger partial charge in [0.1, 0.15) is 0 Å². The molecule has 4 heteroatoms. The Hall–Kier alpha value is -1.86. The van der Waals surface area contributed by atoms with Gasteiger partial charge in [-0.15, -0.1) is 0 Å². The van der Waals surface area contributed by atoms with Gasteiger partial charge in [-0.3, -0.25) is 4.90 Å². The number of carboxylic acid groups (broad SMARTS) is 1. The van der Waals surface area contributed by atoms with E-state index in [1.54, 1.807) is 18.2 Å². The third-order valence-corrected chi connectivity index (χ3v) is 3.13. The van der Waals surface area contributed by atoms with Crippen LogP contribution in [0.2, 0.25) is 0 Å². The summed E-state index contributed by atoms with van der Waals surface area (Å²) in [6.07, 6.45) is 2.89. The Balaban J connectivity index is 2.04. The van der Waals surface area contributed by atoms with Gasteiger partial charge in [0.25, 0.3) is 0 Å². The SMILES string of the molecule is N#CCCN(Cc1cccc(C(=O)O)c1)C1CC1. The lowest BCUT2D eigenvalue weighted by Crippen LogP contribution is -2.26. The van der Waals surface area contributed by atoms with E-state index in [9.17, 15) is 4.79 Å². The van der Waals surface area contributed by atoms with Gasteiger partial charge >= 0.3 is 5.97 Å². The minimum atomic E-state index is -0.896. The van der Waals surface area contributed by atoms with Crippen LogP contribution >= 0.6 is 0 Å². The van der Waals surface area contributed by atoms with Gasteiger partial charge in [-0.2, -0.15) is 5.26 Å². The van der Waals surface area contributed by atoms with Gasteiger partial charge < -0.3 is 5.11 Å². The summed E-state index contributed by atoms with van der Waals surface area (Å²) < 4.78 is 0. The van der Waals surface area contributed by atoms with Crippen LogP contribution in [0.1, 0.15) is 35.2 Å². The molecule has 0 amide bonds. The monoisotopic (exact) mass is 244 g/mol. The van der Waals surface area contributed by atoms with Crippen molar-refractivity contribution in [1.82, 2.24) is 4.90 Å². The fourth-order valence-corrected chi connectivity index (χ4v) is 2.06. The molecule has 94 valence electrons. The fourth-order valence-electron chi connectivity index (χ4n) is 2.06. The quantitative estimate of drug-likeness (QED) is 0.833. The fraction of sp³-hybridized carbons (Fsp3) is 0.429. The molecule has 0 saturated heterocycles. The van der Waals surface area contributed by atoms with Gasteiger partial charge in [-0.25, -0.2) is 4.79 Å². The maximum atomic E-state index is 10.9. The van der Waals surface area contributed by atoms with Crippen molar-refractivity contribution in [2.45, 2.75) is 31.8 Å². The predicted molar refractivity (Wildman–Crippen MR) is 67.1 cm³/mol. The van der Waals surface area contributed by atoms with Crippen LogP contribution in [0.4, 0.5) is 0 Å². The predicted octanol–water partition coefficient (Wildman–Crippen LogP) is 2.26. The standard InChI is InChI=1S/C14H16N2O2/c15-7-2-8-16(13-5-6-13)10-11-3-1-4-12(9-11)14(17)18/h1,3-4,9,13H,2,5-6,8,10H2,(H,17,18). The molecule has 1 fully saturated rings. The van der Waals surface area contributed by atoms with Crippen molar-refractivity contribution in [1.29, 1.82) is 5.26 Å². The first kappa shape index (κ1) is 12.6. The zero-order valence-corrected chi connectivity index (χ0v) is 10.2. The number of rotatable bonds is 6. The number of carboxylic acids is 1. The van der Waals surface area contributed by atoms with Gasteiger partial charge in [-0.05, 0) is 30.5 Å². The summed E-state index contributed by atoms with van der Waals surface area (Å²) in [6, 6.07) is 9.76. The molecule has 0 atom stereocenters. The van der Waals surface area contributed by atoms with E-state index < -0.39 is 5.97 Å². The molecule has 0 aromatic heterocycles. The van der Waals surface area contributed by atoms with Crippen molar-refractivity contribution < 1.29 is 9.90 Å². The maximum absolute atomic E-state index is 10.9. The topological polar surface area (TPSA) is 64.3 Å². The molecule has 1 aromatic carbocycles. The summed E-state index contributed by atoms with van der Waals surface area (Å²) in [7, 11) is 0. The highest BCUT2D eigenvalue weighted by molar-refractivity contribution is 5.87. The second-order valence-electron chi connectivity index (χ2n) is 4.62. The van der Waals surface area contributed by atoms with Gasteiger partial charge in [0, 0.05) is 25.6 Å². The van der Waals surface area contributed by atoms with Gasteiger partial charge in [-0.1, -0.05) is 12.1 Å². The van der Waals surface area contributed by atoms with Crippen molar-refractivity contribution in [3.05, 3.63) is 35.4 Å². The van der Waals surface area contributed by atoms with Crippen LogP contribution in [0.5, 0.6) is 0 Å². The van der Waals surface area contributed by atoms with Crippen molar-refractivity contribution in [3.8, 4) is 6.07 Å². The summed E-state index contributed by atoms with van der Waals surface area (Å²) in [5, 5.41) is 17.6. The first-order valence-corrected chi connectivity index (χ1v) is 6.14. The molecule has 0 heterocycles. The van der Waals surface area contributed by atoms with Crippen LogP contribution in [0.25, 0.3) is 0 Å². The van der Waals surface area contributed by atoms with Crippen LogP contribution in [-0.4, -0.2) is 28.6 Å². The first-order valence-electron chi connectivity index (χ1n) is 6.14. The van der Waals surface area contributed by atoms with Crippen LogP contribution in [-0.2, 0) is 6.54 Å². The van der Waals surface area contributed by atoms with E-state index >= 15 is 0 Å². The third-order valence-electron chi connectivity index (χ3n) is 3.13. The molecule has 0 spiro atoms. The molecule has 1 aromatic rings. The van der Waals surface area contributed by atoms with Gasteiger partial charge in [0.15, 0.2) is 0 Å². The van der Waals surface area contributed by atoms with Crippen molar-refractivity contribution in [2.24, 2.45) is 0 Å². The van der Waals surface area contributed by atoms with E-state index in [4.69, 9.17) is 10.4 Å². The molecule has 1 N–H and O–H groups in total. The third kappa shape index (κ3) is 3.31. The first-order chi connectivity index (χ1) is 8.70. The summed E-state index contributed by atoms with van der Waals surface area (Å²) in [5.74, 6) is -0.896. The van der Waals surface area contributed by atoms with Crippen LogP contribution < -0.4 is 0 Å². The Kier molecular flexibility index (Phi) is 3.96. The van der Waals surface area contributed by atoms with E-state index in [1.165, 1.54) is 12.8 Å². The molecule has 0 radical (unpaired) electrons. The molecule has 1 aliphatic carbocycles. The maximum Gasteiger partial charge on any atom is 0.335 e. The molecular weight excluding hydrogens is 228 g/mol. The normalized spacial score (nSPS) is 14.4. The van der Waals surface area contributed by atoms with E-state index in [0.717, 1.165) is 18.7 Å². The summed E-state index contributed by atoms with van der Waals surface area (Å²) in [4.78, 5) is 13.2. The molecule has 0 unspecified atom stereocenters. The minimum Gasteiger partial charge on any atom is -0.478 e. The molecule has 1 saturated carbocycles. The highest BCUT2D eigenvalue weighted by Crippen LogP contribution is 2.28. The molecule has 0 aliphatic heterocycles. The molecule has 4 nitrogen and oxygen atoms in total. The minimum absolute atomic E-state index is 0.323. The number of carbonyl (C=O) groups is 1. The second-order valence-corrected chi connectivity index (χ2v) is 4.62. The zero-order chi connectivity index (χ0) is 13.0. The number of benzene rings is 1. The molecular formula is C14H16N2O2. The average Bonchev–Trinajstić information content (AvgIpc) is 3.19. The molecule has 0 bridgehead atoms. The number of nitriles is 1. The smallest absolute Gasteiger partial charge is 0.335 e. The second kappa shape index (κ2) is 5.65. The van der Waals surface area contributed by atoms with E-state index in [-0.39, 0.29) is 0 Å². The highest BCUT2D eigenvalue weighted by atomic mass is 16.4. The Labute approximate surface area is 106 Å². The van der Waals surface area contributed by atoms with Crippen LogP contribution in [0.15, 0.2) is 24.3 Å². The Morgan fingerprint density at radius 2 is 2.28 bits per heavy atom. The lowest BCUT2D eigenvalue weighted by molar-refractivity contribution is 0.0696. The lowest BCUT2D eigenvalue weighted by Gasteiger charge is -2.20. The zero-order valence-electron chi connectivity index (χ0n) is 10.2.